The molecule has 3 rings (SSSR count). The van der Waals surface area contributed by atoms with Gasteiger partial charge in [-0.1, -0.05) is 22.4 Å². The first-order valence-electron chi connectivity index (χ1n) is 6.83. The topological polar surface area (TPSA) is 66.5 Å². The summed E-state index contributed by atoms with van der Waals surface area (Å²) < 4.78 is 0.950. The van der Waals surface area contributed by atoms with E-state index < -0.39 is 23.3 Å². The SMILES string of the molecule is Cc1cc(N2C(=O)NC(=O)C3(CCC3)C2=O)cc(C)c1Br. The number of carbonyl (C=O) groups excluding carboxylic acids is 3. The molecule has 0 atom stereocenters. The second-order valence-corrected chi connectivity index (χ2v) is 6.52. The van der Waals surface area contributed by atoms with E-state index in [9.17, 15) is 14.4 Å². The lowest BCUT2D eigenvalue weighted by molar-refractivity contribution is -0.148. The average molecular weight is 351 g/mol. The summed E-state index contributed by atoms with van der Waals surface area (Å²) in [5.41, 5.74) is 1.34. The molecular formula is C15H15BrN2O3. The van der Waals surface area contributed by atoms with Gasteiger partial charge in [-0.25, -0.2) is 9.69 Å². The molecule has 21 heavy (non-hydrogen) atoms. The molecule has 1 aliphatic heterocycles. The molecular weight excluding hydrogens is 336 g/mol. The van der Waals surface area contributed by atoms with Gasteiger partial charge >= 0.3 is 6.03 Å². The van der Waals surface area contributed by atoms with Crippen molar-refractivity contribution in [2.75, 3.05) is 4.90 Å². The zero-order chi connectivity index (χ0) is 15.4. The summed E-state index contributed by atoms with van der Waals surface area (Å²) in [5, 5.41) is 2.32. The number of carbonyl (C=O) groups is 3. The average Bonchev–Trinajstić information content (AvgIpc) is 2.33. The number of benzene rings is 1. The van der Waals surface area contributed by atoms with Crippen LogP contribution < -0.4 is 10.2 Å². The van der Waals surface area contributed by atoms with Gasteiger partial charge in [0.25, 0.3) is 5.91 Å². The third kappa shape index (κ3) is 1.92. The van der Waals surface area contributed by atoms with Crippen molar-refractivity contribution in [3.8, 4) is 0 Å². The number of nitrogens with one attached hydrogen (secondary N) is 1. The van der Waals surface area contributed by atoms with Crippen molar-refractivity contribution < 1.29 is 14.4 Å². The number of barbiturate groups is 1. The summed E-state index contributed by atoms with van der Waals surface area (Å²) in [6.45, 7) is 3.80. The quantitative estimate of drug-likeness (QED) is 0.792. The standard InChI is InChI=1S/C15H15BrN2O3/c1-8-6-10(7-9(2)11(8)16)18-13(20)15(4-3-5-15)12(19)17-14(18)21/h6-7H,3-5H2,1-2H3,(H,17,19,21). The van der Waals surface area contributed by atoms with Crippen molar-refractivity contribution in [3.05, 3.63) is 27.7 Å². The molecule has 2 fully saturated rings. The van der Waals surface area contributed by atoms with Gasteiger partial charge in [-0.2, -0.15) is 0 Å². The molecule has 0 unspecified atom stereocenters. The van der Waals surface area contributed by atoms with E-state index in [-0.39, 0.29) is 0 Å². The summed E-state index contributed by atoms with van der Waals surface area (Å²) in [6.07, 6.45) is 1.85. The van der Waals surface area contributed by atoms with Crippen LogP contribution in [0.2, 0.25) is 0 Å². The largest absolute Gasteiger partial charge is 0.335 e. The zero-order valence-electron chi connectivity index (χ0n) is 11.8. The van der Waals surface area contributed by atoms with Gasteiger partial charge in [0.1, 0.15) is 5.41 Å². The van der Waals surface area contributed by atoms with Crippen molar-refractivity contribution in [2.24, 2.45) is 5.41 Å². The van der Waals surface area contributed by atoms with Crippen LogP contribution in [-0.4, -0.2) is 17.8 Å². The third-order valence-electron chi connectivity index (χ3n) is 4.36. The second-order valence-electron chi connectivity index (χ2n) is 5.73. The minimum Gasteiger partial charge on any atom is -0.276 e. The van der Waals surface area contributed by atoms with Crippen molar-refractivity contribution in [3.63, 3.8) is 0 Å². The Balaban J connectivity index is 2.07. The summed E-state index contributed by atoms with van der Waals surface area (Å²) >= 11 is 3.47. The minimum atomic E-state index is -1.04. The number of anilines is 1. The Morgan fingerprint density at radius 1 is 1.14 bits per heavy atom. The zero-order valence-corrected chi connectivity index (χ0v) is 13.4. The lowest BCUT2D eigenvalue weighted by atomic mass is 9.66. The second kappa shape index (κ2) is 4.66. The lowest BCUT2D eigenvalue weighted by Crippen LogP contribution is -2.66. The fourth-order valence-electron chi connectivity index (χ4n) is 2.93. The van der Waals surface area contributed by atoms with Crippen molar-refractivity contribution in [2.45, 2.75) is 33.1 Å². The molecule has 4 amide bonds. The molecule has 110 valence electrons. The molecule has 5 nitrogen and oxygen atoms in total. The maximum absolute atomic E-state index is 12.7. The fourth-order valence-corrected chi connectivity index (χ4v) is 3.16. The van der Waals surface area contributed by atoms with Crippen LogP contribution in [0.25, 0.3) is 0 Å². The number of aryl methyl sites for hydroxylation is 2. The van der Waals surface area contributed by atoms with Gasteiger partial charge in [0.2, 0.25) is 5.91 Å². The summed E-state index contributed by atoms with van der Waals surface area (Å²) in [6, 6.07) is 2.89. The molecule has 1 saturated heterocycles. The smallest absolute Gasteiger partial charge is 0.276 e. The molecule has 1 aliphatic carbocycles. The van der Waals surface area contributed by atoms with E-state index in [1.807, 2.05) is 13.8 Å². The Hall–Kier alpha value is -1.69. The van der Waals surface area contributed by atoms with Crippen molar-refractivity contribution in [1.29, 1.82) is 0 Å². The van der Waals surface area contributed by atoms with Crippen LogP contribution in [0.1, 0.15) is 30.4 Å². The van der Waals surface area contributed by atoms with Gasteiger partial charge in [0.15, 0.2) is 0 Å². The number of nitrogens with zero attached hydrogens (tertiary/aromatic N) is 1. The highest BCUT2D eigenvalue weighted by Crippen LogP contribution is 2.45. The number of imide groups is 2. The van der Waals surface area contributed by atoms with Gasteiger partial charge in [0.05, 0.1) is 5.69 Å². The Bertz CT molecular complexity index is 656. The fraction of sp³-hybridized carbons (Fsp3) is 0.400. The Morgan fingerprint density at radius 3 is 2.19 bits per heavy atom. The number of urea groups is 1. The Morgan fingerprint density at radius 2 is 1.71 bits per heavy atom. The van der Waals surface area contributed by atoms with E-state index >= 15 is 0 Å². The van der Waals surface area contributed by atoms with E-state index in [4.69, 9.17) is 0 Å². The van der Waals surface area contributed by atoms with Crippen LogP contribution in [0.15, 0.2) is 16.6 Å². The highest BCUT2D eigenvalue weighted by Gasteiger charge is 2.57. The molecule has 0 aromatic heterocycles. The van der Waals surface area contributed by atoms with Crippen molar-refractivity contribution in [1.82, 2.24) is 5.32 Å². The maximum atomic E-state index is 12.7. The molecule has 1 N–H and O–H groups in total. The first-order chi connectivity index (χ1) is 9.86. The minimum absolute atomic E-state index is 0.399. The third-order valence-corrected chi connectivity index (χ3v) is 5.61. The Labute approximate surface area is 130 Å². The number of hydrogen-bond donors (Lipinski definition) is 1. The highest BCUT2D eigenvalue weighted by molar-refractivity contribution is 9.10. The molecule has 0 bridgehead atoms. The van der Waals surface area contributed by atoms with Gasteiger partial charge in [-0.15, -0.1) is 0 Å². The van der Waals surface area contributed by atoms with Crippen LogP contribution >= 0.6 is 15.9 Å². The van der Waals surface area contributed by atoms with Crippen LogP contribution in [0.3, 0.4) is 0 Å². The van der Waals surface area contributed by atoms with E-state index in [2.05, 4.69) is 21.2 Å². The van der Waals surface area contributed by atoms with E-state index in [1.54, 1.807) is 12.1 Å². The van der Waals surface area contributed by atoms with E-state index in [0.717, 1.165) is 26.9 Å². The molecule has 0 radical (unpaired) electrons. The maximum Gasteiger partial charge on any atom is 0.335 e. The van der Waals surface area contributed by atoms with E-state index in [1.165, 1.54) is 0 Å². The summed E-state index contributed by atoms with van der Waals surface area (Å²) in [4.78, 5) is 37.9. The first-order valence-corrected chi connectivity index (χ1v) is 7.63. The molecule has 1 spiro atoms. The lowest BCUT2D eigenvalue weighted by Gasteiger charge is -2.44. The van der Waals surface area contributed by atoms with Crippen LogP contribution in [0.5, 0.6) is 0 Å². The van der Waals surface area contributed by atoms with Crippen LogP contribution in [0, 0.1) is 19.3 Å². The predicted molar refractivity (Wildman–Crippen MR) is 80.9 cm³/mol. The van der Waals surface area contributed by atoms with Gasteiger partial charge in [0, 0.05) is 4.47 Å². The monoisotopic (exact) mass is 350 g/mol. The van der Waals surface area contributed by atoms with E-state index in [0.29, 0.717) is 18.5 Å². The molecule has 1 heterocycles. The normalized spacial score (nSPS) is 20.5. The molecule has 6 heteroatoms. The summed E-state index contributed by atoms with van der Waals surface area (Å²) in [7, 11) is 0. The molecule has 2 aliphatic rings. The van der Waals surface area contributed by atoms with Crippen LogP contribution in [0.4, 0.5) is 10.5 Å². The molecule has 1 aromatic carbocycles. The number of halogens is 1. The molecule has 1 aromatic rings. The summed E-state index contributed by atoms with van der Waals surface area (Å²) in [5.74, 6) is -0.853. The number of amides is 4. The van der Waals surface area contributed by atoms with Gasteiger partial charge in [-0.05, 0) is 49.9 Å². The van der Waals surface area contributed by atoms with Crippen molar-refractivity contribution >= 4 is 39.5 Å². The predicted octanol–water partition coefficient (Wildman–Crippen LogP) is 2.82. The number of rotatable bonds is 1. The Kier molecular flexibility index (Phi) is 3.16. The first kappa shape index (κ1) is 14.3. The highest BCUT2D eigenvalue weighted by atomic mass is 79.9. The van der Waals surface area contributed by atoms with Gasteiger partial charge < -0.3 is 0 Å². The number of hydrogen-bond acceptors (Lipinski definition) is 3. The molecule has 1 saturated carbocycles. The van der Waals surface area contributed by atoms with Gasteiger partial charge in [-0.3, -0.25) is 14.9 Å². The van der Waals surface area contributed by atoms with Crippen LogP contribution in [-0.2, 0) is 9.59 Å².